The molecule has 4 nitrogen and oxygen atoms in total. The molecule has 124 valence electrons. The molecule has 0 saturated heterocycles. The van der Waals surface area contributed by atoms with Crippen LogP contribution in [0.5, 0.6) is 5.75 Å². The van der Waals surface area contributed by atoms with Crippen molar-refractivity contribution in [2.45, 2.75) is 18.6 Å². The van der Waals surface area contributed by atoms with Gasteiger partial charge in [-0.2, -0.15) is 18.3 Å². The van der Waals surface area contributed by atoms with Gasteiger partial charge in [-0.1, -0.05) is 42.5 Å². The van der Waals surface area contributed by atoms with Gasteiger partial charge in [-0.3, -0.25) is 4.79 Å². The molecule has 1 atom stereocenters. The fourth-order valence-corrected chi connectivity index (χ4v) is 2.64. The third kappa shape index (κ3) is 2.97. The molecule has 0 saturated carbocycles. The van der Waals surface area contributed by atoms with Gasteiger partial charge in [-0.15, -0.1) is 0 Å². The van der Waals surface area contributed by atoms with Crippen LogP contribution in [0.1, 0.15) is 23.6 Å². The molecule has 0 bridgehead atoms. The van der Waals surface area contributed by atoms with Crippen molar-refractivity contribution in [1.29, 1.82) is 0 Å². The van der Waals surface area contributed by atoms with Crippen molar-refractivity contribution in [3.05, 3.63) is 65.7 Å². The van der Waals surface area contributed by atoms with Crippen molar-refractivity contribution in [2.75, 3.05) is 0 Å². The number of hydrogen-bond donors (Lipinski definition) is 1. The van der Waals surface area contributed by atoms with Crippen molar-refractivity contribution < 1.29 is 23.1 Å². The number of benzene rings is 2. The predicted octanol–water partition coefficient (Wildman–Crippen LogP) is 3.63. The topological polar surface area (TPSA) is 52.9 Å². The molecular formula is C17H13F3N2O2. The molecule has 1 amide bonds. The SMILES string of the molecule is O=C(N1N=C(c2ccccc2O)C[C@H]1c1ccccc1)C(F)(F)F. The molecule has 1 heterocycles. The van der Waals surface area contributed by atoms with Gasteiger partial charge in [-0.25, -0.2) is 5.01 Å². The van der Waals surface area contributed by atoms with Gasteiger partial charge >= 0.3 is 12.1 Å². The van der Waals surface area contributed by atoms with Crippen LogP contribution in [0, 0.1) is 0 Å². The van der Waals surface area contributed by atoms with Gasteiger partial charge < -0.3 is 5.11 Å². The number of hydrogen-bond acceptors (Lipinski definition) is 3. The summed E-state index contributed by atoms with van der Waals surface area (Å²) in [5.41, 5.74) is 1.10. The number of hydrazone groups is 1. The average molecular weight is 334 g/mol. The zero-order valence-corrected chi connectivity index (χ0v) is 12.4. The zero-order valence-electron chi connectivity index (χ0n) is 12.4. The number of halogens is 3. The van der Waals surface area contributed by atoms with Crippen LogP contribution in [-0.2, 0) is 4.79 Å². The maximum atomic E-state index is 12.9. The van der Waals surface area contributed by atoms with Crippen LogP contribution >= 0.6 is 0 Å². The van der Waals surface area contributed by atoms with Gasteiger partial charge in [0.25, 0.3) is 0 Å². The quantitative estimate of drug-likeness (QED) is 0.912. The van der Waals surface area contributed by atoms with E-state index in [1.54, 1.807) is 48.5 Å². The Balaban J connectivity index is 2.02. The molecular weight excluding hydrogens is 321 g/mol. The number of para-hydroxylation sites is 1. The number of nitrogens with zero attached hydrogens (tertiary/aromatic N) is 2. The number of alkyl halides is 3. The second-order valence-corrected chi connectivity index (χ2v) is 5.34. The highest BCUT2D eigenvalue weighted by Crippen LogP contribution is 2.37. The van der Waals surface area contributed by atoms with Crippen molar-refractivity contribution >= 4 is 11.6 Å². The van der Waals surface area contributed by atoms with Gasteiger partial charge in [-0.05, 0) is 17.7 Å². The Morgan fingerprint density at radius 1 is 1.08 bits per heavy atom. The van der Waals surface area contributed by atoms with Gasteiger partial charge in [0.05, 0.1) is 11.8 Å². The minimum Gasteiger partial charge on any atom is -0.507 e. The monoisotopic (exact) mass is 334 g/mol. The highest BCUT2D eigenvalue weighted by molar-refractivity contribution is 6.05. The first kappa shape index (κ1) is 16.0. The molecule has 7 heteroatoms. The van der Waals surface area contributed by atoms with E-state index >= 15 is 0 Å². The molecule has 1 N–H and O–H groups in total. The van der Waals surface area contributed by atoms with Crippen LogP contribution in [0.25, 0.3) is 0 Å². The van der Waals surface area contributed by atoms with E-state index in [9.17, 15) is 23.1 Å². The van der Waals surface area contributed by atoms with Crippen molar-refractivity contribution in [3.63, 3.8) is 0 Å². The van der Waals surface area contributed by atoms with Crippen molar-refractivity contribution in [3.8, 4) is 5.75 Å². The first-order valence-electron chi connectivity index (χ1n) is 7.19. The normalized spacial score (nSPS) is 17.7. The number of rotatable bonds is 2. The summed E-state index contributed by atoms with van der Waals surface area (Å²) in [4.78, 5) is 11.7. The molecule has 1 aliphatic rings. The van der Waals surface area contributed by atoms with Crippen molar-refractivity contribution in [1.82, 2.24) is 5.01 Å². The van der Waals surface area contributed by atoms with Crippen LogP contribution in [0.2, 0.25) is 0 Å². The molecule has 24 heavy (non-hydrogen) atoms. The number of carbonyl (C=O) groups excluding carboxylic acids is 1. The first-order valence-corrected chi connectivity index (χ1v) is 7.19. The molecule has 2 aromatic carbocycles. The van der Waals surface area contributed by atoms with E-state index < -0.39 is 18.1 Å². The molecule has 0 spiro atoms. The third-order valence-corrected chi connectivity index (χ3v) is 3.76. The van der Waals surface area contributed by atoms with Gasteiger partial charge in [0.15, 0.2) is 0 Å². The van der Waals surface area contributed by atoms with E-state index in [1.165, 1.54) is 6.07 Å². The number of aromatic hydroxyl groups is 1. The minimum absolute atomic E-state index is 0.0867. The van der Waals surface area contributed by atoms with Crippen LogP contribution < -0.4 is 0 Å². The minimum atomic E-state index is -5.02. The van der Waals surface area contributed by atoms with Gasteiger partial charge in [0.2, 0.25) is 0 Å². The Hall–Kier alpha value is -2.83. The zero-order chi connectivity index (χ0) is 17.3. The van der Waals surface area contributed by atoms with Gasteiger partial charge in [0.1, 0.15) is 5.75 Å². The molecule has 1 aliphatic heterocycles. The Morgan fingerprint density at radius 2 is 1.71 bits per heavy atom. The molecule has 0 aromatic heterocycles. The van der Waals surface area contributed by atoms with Crippen LogP contribution in [-0.4, -0.2) is 27.9 Å². The summed E-state index contributed by atoms with van der Waals surface area (Å²) in [7, 11) is 0. The Labute approximate surface area is 135 Å². The largest absolute Gasteiger partial charge is 0.507 e. The maximum Gasteiger partial charge on any atom is 0.473 e. The third-order valence-electron chi connectivity index (χ3n) is 3.76. The molecule has 0 aliphatic carbocycles. The molecule has 3 rings (SSSR count). The first-order chi connectivity index (χ1) is 11.4. The Morgan fingerprint density at radius 3 is 2.33 bits per heavy atom. The molecule has 0 radical (unpaired) electrons. The fraction of sp³-hybridized carbons (Fsp3) is 0.176. The van der Waals surface area contributed by atoms with Crippen molar-refractivity contribution in [2.24, 2.45) is 5.10 Å². The molecule has 2 aromatic rings. The Bertz CT molecular complexity index is 788. The van der Waals surface area contributed by atoms with Crippen LogP contribution in [0.4, 0.5) is 13.2 Å². The van der Waals surface area contributed by atoms with E-state index in [2.05, 4.69) is 5.10 Å². The van der Waals surface area contributed by atoms with Crippen LogP contribution in [0.15, 0.2) is 59.7 Å². The van der Waals surface area contributed by atoms with Gasteiger partial charge in [0, 0.05) is 12.0 Å². The van der Waals surface area contributed by atoms with E-state index in [-0.39, 0.29) is 17.9 Å². The standard InChI is InChI=1S/C17H13F3N2O2/c18-17(19,20)16(24)22-14(11-6-2-1-3-7-11)10-13(21-22)12-8-4-5-9-15(12)23/h1-9,14,23H,10H2/t14-/m0/s1. The maximum absolute atomic E-state index is 12.9. The second kappa shape index (κ2) is 5.99. The average Bonchev–Trinajstić information content (AvgIpc) is 2.99. The second-order valence-electron chi connectivity index (χ2n) is 5.34. The lowest BCUT2D eigenvalue weighted by atomic mass is 9.98. The van der Waals surface area contributed by atoms with E-state index in [0.717, 1.165) is 0 Å². The summed E-state index contributed by atoms with van der Waals surface area (Å²) >= 11 is 0. The van der Waals surface area contributed by atoms with E-state index in [1.807, 2.05) is 0 Å². The number of carbonyl (C=O) groups is 1. The summed E-state index contributed by atoms with van der Waals surface area (Å²) in [5, 5.41) is 14.2. The summed E-state index contributed by atoms with van der Waals surface area (Å²) in [6.07, 6.45) is -4.94. The smallest absolute Gasteiger partial charge is 0.473 e. The van der Waals surface area contributed by atoms with Crippen LogP contribution in [0.3, 0.4) is 0 Å². The summed E-state index contributed by atoms with van der Waals surface area (Å²) in [6, 6.07) is 13.7. The lowest BCUT2D eigenvalue weighted by Gasteiger charge is -2.22. The highest BCUT2D eigenvalue weighted by Gasteiger charge is 2.47. The molecule has 0 fully saturated rings. The Kier molecular flexibility index (Phi) is 4.01. The molecule has 0 unspecified atom stereocenters. The lowest BCUT2D eigenvalue weighted by molar-refractivity contribution is -0.187. The number of phenolic OH excluding ortho intramolecular Hbond substituents is 1. The summed E-state index contributed by atoms with van der Waals surface area (Å²) in [6.45, 7) is 0. The predicted molar refractivity (Wildman–Crippen MR) is 81.3 cm³/mol. The summed E-state index contributed by atoms with van der Waals surface area (Å²) < 4.78 is 38.7. The highest BCUT2D eigenvalue weighted by atomic mass is 19.4. The summed E-state index contributed by atoms with van der Waals surface area (Å²) in [5.74, 6) is -2.12. The number of phenols is 1. The van der Waals surface area contributed by atoms with E-state index in [4.69, 9.17) is 0 Å². The fourth-order valence-electron chi connectivity index (χ4n) is 2.64. The van der Waals surface area contributed by atoms with E-state index in [0.29, 0.717) is 16.1 Å². The number of amides is 1. The lowest BCUT2D eigenvalue weighted by Crippen LogP contribution is -2.38.